The van der Waals surface area contributed by atoms with E-state index in [4.69, 9.17) is 9.47 Å². The lowest BCUT2D eigenvalue weighted by molar-refractivity contribution is -0.122. The van der Waals surface area contributed by atoms with E-state index in [1.807, 2.05) is 19.1 Å². The molecule has 6 nitrogen and oxygen atoms in total. The van der Waals surface area contributed by atoms with Gasteiger partial charge in [0.1, 0.15) is 0 Å². The SMILES string of the molecule is C=CCc1ccc(OCC(=O)NC(=O)NCCC)c(OC)c1. The van der Waals surface area contributed by atoms with Gasteiger partial charge in [0.2, 0.25) is 0 Å². The number of carbonyl (C=O) groups is 2. The first kappa shape index (κ1) is 17.6. The molecule has 0 bridgehead atoms. The number of rotatable bonds is 8. The molecule has 0 aliphatic carbocycles. The van der Waals surface area contributed by atoms with Gasteiger partial charge in [0.15, 0.2) is 18.1 Å². The lowest BCUT2D eigenvalue weighted by atomic mass is 10.1. The summed E-state index contributed by atoms with van der Waals surface area (Å²) in [6.07, 6.45) is 3.30. The number of hydrogen-bond acceptors (Lipinski definition) is 4. The van der Waals surface area contributed by atoms with E-state index < -0.39 is 11.9 Å². The topological polar surface area (TPSA) is 76.7 Å². The molecule has 0 unspecified atom stereocenters. The van der Waals surface area contributed by atoms with Crippen molar-refractivity contribution in [3.63, 3.8) is 0 Å². The van der Waals surface area contributed by atoms with Crippen LogP contribution in [0.2, 0.25) is 0 Å². The van der Waals surface area contributed by atoms with Gasteiger partial charge in [-0.05, 0) is 30.5 Å². The van der Waals surface area contributed by atoms with E-state index in [1.165, 1.54) is 7.11 Å². The lowest BCUT2D eigenvalue weighted by Gasteiger charge is -2.12. The molecule has 1 rings (SSSR count). The normalized spacial score (nSPS) is 9.73. The van der Waals surface area contributed by atoms with Crippen LogP contribution in [0.3, 0.4) is 0 Å². The maximum absolute atomic E-state index is 11.6. The Bertz CT molecular complexity index is 529. The fraction of sp³-hybridized carbons (Fsp3) is 0.375. The molecule has 0 aromatic heterocycles. The van der Waals surface area contributed by atoms with Crippen molar-refractivity contribution in [3.8, 4) is 11.5 Å². The van der Waals surface area contributed by atoms with Crippen LogP contribution < -0.4 is 20.1 Å². The first-order chi connectivity index (χ1) is 10.6. The van der Waals surface area contributed by atoms with Crippen LogP contribution in [0, 0.1) is 0 Å². The minimum atomic E-state index is -0.524. The molecule has 0 spiro atoms. The van der Waals surface area contributed by atoms with Gasteiger partial charge in [0, 0.05) is 6.54 Å². The highest BCUT2D eigenvalue weighted by atomic mass is 16.5. The Hall–Kier alpha value is -2.50. The van der Waals surface area contributed by atoms with E-state index in [1.54, 1.807) is 12.1 Å². The molecule has 2 N–H and O–H groups in total. The number of carbonyl (C=O) groups excluding carboxylic acids is 2. The smallest absolute Gasteiger partial charge is 0.321 e. The van der Waals surface area contributed by atoms with Gasteiger partial charge in [0.05, 0.1) is 7.11 Å². The Morgan fingerprint density at radius 1 is 1.32 bits per heavy atom. The van der Waals surface area contributed by atoms with E-state index in [2.05, 4.69) is 17.2 Å². The van der Waals surface area contributed by atoms with Crippen molar-refractivity contribution >= 4 is 11.9 Å². The summed E-state index contributed by atoms with van der Waals surface area (Å²) in [5.74, 6) is 0.452. The molecule has 22 heavy (non-hydrogen) atoms. The summed E-state index contributed by atoms with van der Waals surface area (Å²) in [7, 11) is 1.53. The van der Waals surface area contributed by atoms with Crippen LogP contribution in [-0.2, 0) is 11.2 Å². The van der Waals surface area contributed by atoms with Crippen molar-refractivity contribution in [1.29, 1.82) is 0 Å². The largest absolute Gasteiger partial charge is 0.493 e. The molecule has 0 atom stereocenters. The van der Waals surface area contributed by atoms with E-state index in [0.29, 0.717) is 24.5 Å². The van der Waals surface area contributed by atoms with Gasteiger partial charge in [-0.2, -0.15) is 0 Å². The highest BCUT2D eigenvalue weighted by molar-refractivity contribution is 5.95. The van der Waals surface area contributed by atoms with Crippen LogP contribution in [0.1, 0.15) is 18.9 Å². The van der Waals surface area contributed by atoms with Gasteiger partial charge >= 0.3 is 6.03 Å². The van der Waals surface area contributed by atoms with Gasteiger partial charge in [-0.15, -0.1) is 6.58 Å². The third-order valence-electron chi connectivity index (χ3n) is 2.76. The van der Waals surface area contributed by atoms with Crippen LogP contribution in [0.15, 0.2) is 30.9 Å². The van der Waals surface area contributed by atoms with Crippen molar-refractivity contribution in [2.45, 2.75) is 19.8 Å². The Morgan fingerprint density at radius 3 is 2.73 bits per heavy atom. The second kappa shape index (κ2) is 9.44. The molecule has 0 fully saturated rings. The number of methoxy groups -OCH3 is 1. The van der Waals surface area contributed by atoms with Crippen LogP contribution in [0.4, 0.5) is 4.79 Å². The number of ether oxygens (including phenoxy) is 2. The van der Waals surface area contributed by atoms with Crippen molar-refractivity contribution in [2.24, 2.45) is 0 Å². The average Bonchev–Trinajstić information content (AvgIpc) is 2.51. The second-order valence-electron chi connectivity index (χ2n) is 4.57. The zero-order valence-corrected chi connectivity index (χ0v) is 13.0. The maximum atomic E-state index is 11.6. The molecule has 120 valence electrons. The van der Waals surface area contributed by atoms with Crippen LogP contribution in [-0.4, -0.2) is 32.2 Å². The van der Waals surface area contributed by atoms with Crippen molar-refractivity contribution in [1.82, 2.24) is 10.6 Å². The predicted octanol–water partition coefficient (Wildman–Crippen LogP) is 2.04. The number of allylic oxidation sites excluding steroid dienone is 1. The van der Waals surface area contributed by atoms with Crippen LogP contribution in [0.25, 0.3) is 0 Å². The highest BCUT2D eigenvalue weighted by Crippen LogP contribution is 2.28. The summed E-state index contributed by atoms with van der Waals surface area (Å²) in [6, 6.07) is 4.89. The summed E-state index contributed by atoms with van der Waals surface area (Å²) in [6.45, 7) is 5.85. The van der Waals surface area contributed by atoms with E-state index >= 15 is 0 Å². The minimum absolute atomic E-state index is 0.267. The minimum Gasteiger partial charge on any atom is -0.493 e. The van der Waals surface area contributed by atoms with Gasteiger partial charge in [-0.1, -0.05) is 19.1 Å². The zero-order chi connectivity index (χ0) is 16.4. The number of imide groups is 1. The number of amides is 3. The van der Waals surface area contributed by atoms with Gasteiger partial charge in [-0.3, -0.25) is 10.1 Å². The first-order valence-corrected chi connectivity index (χ1v) is 7.09. The number of benzene rings is 1. The molecule has 0 saturated carbocycles. The van der Waals surface area contributed by atoms with Gasteiger partial charge < -0.3 is 14.8 Å². The van der Waals surface area contributed by atoms with Crippen LogP contribution in [0.5, 0.6) is 11.5 Å². The standard InChI is InChI=1S/C16H22N2O4/c1-4-6-12-7-8-13(14(10-12)21-3)22-11-15(19)18-16(20)17-9-5-2/h4,7-8,10H,1,5-6,9,11H2,2-3H3,(H2,17,18,19,20). The van der Waals surface area contributed by atoms with Crippen LogP contribution >= 0.6 is 0 Å². The Morgan fingerprint density at radius 2 is 2.09 bits per heavy atom. The Balaban J connectivity index is 2.54. The third kappa shape index (κ3) is 5.87. The lowest BCUT2D eigenvalue weighted by Crippen LogP contribution is -2.41. The molecule has 1 aromatic rings. The second-order valence-corrected chi connectivity index (χ2v) is 4.57. The molecular weight excluding hydrogens is 284 g/mol. The predicted molar refractivity (Wildman–Crippen MR) is 84.2 cm³/mol. The monoisotopic (exact) mass is 306 g/mol. The summed E-state index contributed by atoms with van der Waals surface area (Å²) >= 11 is 0. The van der Waals surface area contributed by atoms with Crippen molar-refractivity contribution < 1.29 is 19.1 Å². The molecular formula is C16H22N2O4. The first-order valence-electron chi connectivity index (χ1n) is 7.09. The van der Waals surface area contributed by atoms with Crippen molar-refractivity contribution in [3.05, 3.63) is 36.4 Å². The van der Waals surface area contributed by atoms with Gasteiger partial charge in [-0.25, -0.2) is 4.79 Å². The number of hydrogen-bond donors (Lipinski definition) is 2. The molecule has 3 amide bonds. The Kier molecular flexibility index (Phi) is 7.53. The molecule has 0 aliphatic rings. The highest BCUT2D eigenvalue weighted by Gasteiger charge is 2.10. The fourth-order valence-electron chi connectivity index (χ4n) is 1.71. The molecule has 0 saturated heterocycles. The third-order valence-corrected chi connectivity index (χ3v) is 2.76. The van der Waals surface area contributed by atoms with E-state index in [9.17, 15) is 9.59 Å². The van der Waals surface area contributed by atoms with Gasteiger partial charge in [0.25, 0.3) is 5.91 Å². The summed E-state index contributed by atoms with van der Waals surface area (Å²) in [5, 5.41) is 4.73. The molecule has 0 aliphatic heterocycles. The summed E-state index contributed by atoms with van der Waals surface area (Å²) < 4.78 is 10.6. The molecule has 6 heteroatoms. The Labute approximate surface area is 130 Å². The maximum Gasteiger partial charge on any atom is 0.321 e. The zero-order valence-electron chi connectivity index (χ0n) is 13.0. The molecule has 0 radical (unpaired) electrons. The molecule has 1 aromatic carbocycles. The van der Waals surface area contributed by atoms with E-state index in [0.717, 1.165) is 12.0 Å². The van der Waals surface area contributed by atoms with E-state index in [-0.39, 0.29) is 6.61 Å². The quantitative estimate of drug-likeness (QED) is 0.721. The van der Waals surface area contributed by atoms with Crippen molar-refractivity contribution in [2.75, 3.05) is 20.3 Å². The number of nitrogens with one attached hydrogen (secondary N) is 2. The average molecular weight is 306 g/mol. The summed E-state index contributed by atoms with van der Waals surface area (Å²) in [5.41, 5.74) is 1.03. The summed E-state index contributed by atoms with van der Waals surface area (Å²) in [4.78, 5) is 22.9. The molecule has 0 heterocycles. The fourth-order valence-corrected chi connectivity index (χ4v) is 1.71. The number of urea groups is 1.